The molecule has 4 aromatic rings. The minimum atomic E-state index is -6.00. The molecule has 355 valence electrons. The van der Waals surface area contributed by atoms with Crippen LogP contribution in [0.5, 0.6) is 0 Å². The van der Waals surface area contributed by atoms with E-state index in [0.29, 0.717) is 47.3 Å². The van der Waals surface area contributed by atoms with Gasteiger partial charge >= 0.3 is 375 Å². The molecule has 0 saturated carbocycles. The average molecular weight is 932 g/mol. The van der Waals surface area contributed by atoms with Crippen molar-refractivity contribution in [1.29, 1.82) is 0 Å². The van der Waals surface area contributed by atoms with Crippen LogP contribution in [-0.4, -0.2) is 42.8 Å². The van der Waals surface area contributed by atoms with Crippen molar-refractivity contribution in [2.24, 2.45) is 0 Å². The van der Waals surface area contributed by atoms with Gasteiger partial charge in [0.2, 0.25) is 0 Å². The normalized spacial score (nSPS) is 15.1. The summed E-state index contributed by atoms with van der Waals surface area (Å²) in [6, 6.07) is 28.3. The second kappa shape index (κ2) is 21.2. The number of para-hydroxylation sites is 4. The Labute approximate surface area is 390 Å². The molecule has 0 spiro atoms. The maximum atomic E-state index is 9.75. The second-order valence-electron chi connectivity index (χ2n) is 20.0. The molecule has 0 bridgehead atoms. The molecule has 0 unspecified atom stereocenters. The van der Waals surface area contributed by atoms with Gasteiger partial charge in [0.25, 0.3) is 0 Å². The summed E-state index contributed by atoms with van der Waals surface area (Å²) in [6.45, 7) is 41.7. The van der Waals surface area contributed by atoms with Gasteiger partial charge in [-0.2, -0.15) is 0 Å². The van der Waals surface area contributed by atoms with Crippen LogP contribution in [0.4, 0.5) is 40.0 Å². The molecule has 6 rings (SSSR count). The van der Waals surface area contributed by atoms with E-state index < -0.39 is 7.25 Å². The van der Waals surface area contributed by atoms with Gasteiger partial charge in [-0.05, 0) is 0 Å². The Balaban J connectivity index is 0.00000146. The summed E-state index contributed by atoms with van der Waals surface area (Å²) >= 11 is 2.18. The number of halogens is 4. The number of rotatable bonds is 12. The number of hydrogen-bond acceptors (Lipinski definition) is 4. The van der Waals surface area contributed by atoms with Gasteiger partial charge in [0.15, 0.2) is 0 Å². The van der Waals surface area contributed by atoms with Crippen molar-refractivity contribution < 1.29 is 31.3 Å². The van der Waals surface area contributed by atoms with Crippen LogP contribution in [0.25, 0.3) is 0 Å². The Bertz CT molecular complexity index is 1900. The third kappa shape index (κ3) is 11.2. The molecule has 2 heterocycles. The van der Waals surface area contributed by atoms with Crippen LogP contribution in [-0.2, 0) is 14.1 Å². The Morgan fingerprint density at radius 3 is 0.594 bits per heavy atom. The van der Waals surface area contributed by atoms with Crippen molar-refractivity contribution in [2.45, 2.75) is 158 Å². The van der Waals surface area contributed by atoms with Crippen molar-refractivity contribution in [3.63, 3.8) is 0 Å². The zero-order valence-electron chi connectivity index (χ0n) is 41.6. The summed E-state index contributed by atoms with van der Waals surface area (Å²) in [6.07, 6.45) is 0. The second-order valence-corrected chi connectivity index (χ2v) is 21.1. The maximum absolute atomic E-state index is 9.75. The van der Waals surface area contributed by atoms with Gasteiger partial charge in [0, 0.05) is 0 Å². The zero-order chi connectivity index (χ0) is 47.5. The predicted molar refractivity (Wildman–Crippen MR) is 268 cm³/mol. The average Bonchev–Trinajstić information content (AvgIpc) is 3.82. The minimum Gasteiger partial charge on any atom is -0.418 e. The Kier molecular flexibility index (Phi) is 16.9. The molecule has 2 saturated heterocycles. The summed E-state index contributed by atoms with van der Waals surface area (Å²) in [5, 5.41) is 0. The van der Waals surface area contributed by atoms with E-state index in [1.54, 1.807) is 0 Å². The topological polar surface area (TPSA) is 13.0 Å². The Morgan fingerprint density at radius 2 is 0.469 bits per heavy atom. The summed E-state index contributed by atoms with van der Waals surface area (Å²) in [5.74, 6) is 3.13. The third-order valence-corrected chi connectivity index (χ3v) is 13.9. The van der Waals surface area contributed by atoms with E-state index in [0.717, 1.165) is 26.2 Å². The van der Waals surface area contributed by atoms with Gasteiger partial charge in [-0.1, -0.05) is 0 Å². The maximum Gasteiger partial charge on any atom is 0.673 e. The van der Waals surface area contributed by atoms with E-state index in [1.165, 1.54) is 76.6 Å². The molecule has 4 aromatic carbocycles. The molecule has 64 heavy (non-hydrogen) atoms. The fourth-order valence-corrected chi connectivity index (χ4v) is 10.9. The number of anilines is 4. The molecule has 0 radical (unpaired) electrons. The van der Waals surface area contributed by atoms with Gasteiger partial charge < -0.3 is 17.3 Å². The molecule has 0 N–H and O–H groups in total. The molecular formula is C54H76BCuF4N4-. The molecule has 2 aliphatic heterocycles. The fourth-order valence-electron chi connectivity index (χ4n) is 9.33. The van der Waals surface area contributed by atoms with Gasteiger partial charge in [-0.25, -0.2) is 0 Å². The molecule has 10 heteroatoms. The summed E-state index contributed by atoms with van der Waals surface area (Å²) in [7, 11) is -6.00. The quantitative estimate of drug-likeness (QED) is 0.104. The SMILES string of the molecule is CC(C)c1cccc(C(C)C)c1N1CCN(c2c(C(C)C)cccc2C(C)C)[C]1=[Cu]=[C]1N(c2c(C(C)C)cccc2C(C)C)CCN1c1c(C(C)C)cccc1C(C)C.F[B-](F)(F)F. The van der Waals surface area contributed by atoms with Crippen molar-refractivity contribution in [3.8, 4) is 0 Å². The van der Waals surface area contributed by atoms with E-state index >= 15 is 0 Å². The molecule has 0 aliphatic carbocycles. The van der Waals surface area contributed by atoms with Crippen LogP contribution in [0.1, 0.15) is 203 Å². The summed E-state index contributed by atoms with van der Waals surface area (Å²) < 4.78 is 41.6. The standard InChI is InChI=1S/2C27H38N2.BF4.Cu/c2*1-18(2)22-11-9-12-23(19(3)4)26(22)28-15-16-29(17-28)27-24(20(5)6)13-10-14-25(27)21(7)8;2-1(3,4)5;/h2*9-14,18-21H,15-16H2,1-8H3;;/q;;-1;. The van der Waals surface area contributed by atoms with Crippen molar-refractivity contribution in [1.82, 2.24) is 0 Å². The predicted octanol–water partition coefficient (Wildman–Crippen LogP) is 15.6. The molecule has 0 amide bonds. The molecule has 0 aromatic heterocycles. The van der Waals surface area contributed by atoms with E-state index in [4.69, 9.17) is 0 Å². The van der Waals surface area contributed by atoms with Crippen LogP contribution in [0.2, 0.25) is 0 Å². The smallest absolute Gasteiger partial charge is 0.418 e. The van der Waals surface area contributed by atoms with Crippen LogP contribution in [0, 0.1) is 0 Å². The zero-order valence-corrected chi connectivity index (χ0v) is 42.5. The molecule has 4 nitrogen and oxygen atoms in total. The summed E-state index contributed by atoms with van der Waals surface area (Å²) in [5.41, 5.74) is 17.1. The Morgan fingerprint density at radius 1 is 0.328 bits per heavy atom. The number of hydrogen-bond donors (Lipinski definition) is 0. The van der Waals surface area contributed by atoms with E-state index in [9.17, 15) is 17.3 Å². The third-order valence-electron chi connectivity index (χ3n) is 12.5. The fraction of sp³-hybridized carbons (Fsp3) is 0.519. The van der Waals surface area contributed by atoms with Crippen LogP contribution >= 0.6 is 0 Å². The molecule has 2 fully saturated rings. The number of nitrogens with zero attached hydrogens (tertiary/aromatic N) is 4. The van der Waals surface area contributed by atoms with Gasteiger partial charge in [0.05, 0.1) is 0 Å². The van der Waals surface area contributed by atoms with Gasteiger partial charge in [0.1, 0.15) is 0 Å². The first-order valence-electron chi connectivity index (χ1n) is 23.8. The van der Waals surface area contributed by atoms with Crippen LogP contribution in [0.3, 0.4) is 0 Å². The number of benzene rings is 4. The molecule has 0 atom stereocenters. The van der Waals surface area contributed by atoms with Crippen molar-refractivity contribution in [2.75, 3.05) is 45.8 Å². The van der Waals surface area contributed by atoms with E-state index in [-0.39, 0.29) is 0 Å². The van der Waals surface area contributed by atoms with Crippen LogP contribution in [0.15, 0.2) is 72.8 Å². The Hall–Kier alpha value is -3.88. The monoisotopic (exact) mass is 931 g/mol. The van der Waals surface area contributed by atoms with E-state index in [1.807, 2.05) is 0 Å². The van der Waals surface area contributed by atoms with Crippen LogP contribution < -0.4 is 19.6 Å². The first-order valence-corrected chi connectivity index (χ1v) is 24.7. The van der Waals surface area contributed by atoms with Gasteiger partial charge in [-0.15, -0.1) is 0 Å². The summed E-state index contributed by atoms with van der Waals surface area (Å²) in [4.78, 5) is 11.0. The first-order chi connectivity index (χ1) is 30.0. The largest absolute Gasteiger partial charge is 0.673 e. The minimum absolute atomic E-state index is 0.391. The molecular weight excluding hydrogens is 855 g/mol. The van der Waals surface area contributed by atoms with E-state index in [2.05, 4.69) is 217 Å². The molecule has 2 aliphatic rings. The first kappa shape index (κ1) is 51.1. The van der Waals surface area contributed by atoms with Crippen molar-refractivity contribution in [3.05, 3.63) is 117 Å². The van der Waals surface area contributed by atoms with Crippen molar-refractivity contribution >= 4 is 39.3 Å². The van der Waals surface area contributed by atoms with Gasteiger partial charge in [-0.3, -0.25) is 0 Å².